The van der Waals surface area contributed by atoms with Crippen LogP contribution < -0.4 is 5.32 Å². The van der Waals surface area contributed by atoms with Crippen LogP contribution in [0.15, 0.2) is 18.2 Å². The van der Waals surface area contributed by atoms with Crippen molar-refractivity contribution in [3.8, 4) is 0 Å². The highest BCUT2D eigenvalue weighted by molar-refractivity contribution is 5.94. The van der Waals surface area contributed by atoms with Crippen molar-refractivity contribution in [2.45, 2.75) is 18.9 Å². The first-order valence-electron chi connectivity index (χ1n) is 6.02. The molecule has 0 radical (unpaired) electrons. The maximum absolute atomic E-state index is 13.5. The lowest BCUT2D eigenvalue weighted by molar-refractivity contribution is 0.0703. The first-order valence-corrected chi connectivity index (χ1v) is 6.02. The van der Waals surface area contributed by atoms with Crippen LogP contribution in [0.5, 0.6) is 0 Å². The Hall–Kier alpha value is -1.49. The number of benzene rings is 1. The molecule has 1 fully saturated rings. The van der Waals surface area contributed by atoms with E-state index in [1.165, 1.54) is 4.90 Å². The van der Waals surface area contributed by atoms with Crippen LogP contribution in [0.1, 0.15) is 23.2 Å². The molecule has 0 saturated carbocycles. The summed E-state index contributed by atoms with van der Waals surface area (Å²) in [5, 5.41) is 3.19. The fourth-order valence-electron chi connectivity index (χ4n) is 2.18. The first-order chi connectivity index (χ1) is 8.59. The van der Waals surface area contributed by atoms with E-state index in [-0.39, 0.29) is 11.6 Å². The molecule has 3 nitrogen and oxygen atoms in total. The van der Waals surface area contributed by atoms with Crippen LogP contribution in [0.4, 0.5) is 8.78 Å². The number of amides is 1. The van der Waals surface area contributed by atoms with Gasteiger partial charge in [0.2, 0.25) is 0 Å². The number of rotatable bonds is 2. The van der Waals surface area contributed by atoms with Gasteiger partial charge in [0.15, 0.2) is 0 Å². The molecular weight excluding hydrogens is 238 g/mol. The maximum atomic E-state index is 13.5. The third kappa shape index (κ3) is 2.67. The highest BCUT2D eigenvalue weighted by atomic mass is 19.1. The Kier molecular flexibility index (Phi) is 3.91. The molecule has 0 aliphatic carbocycles. The summed E-state index contributed by atoms with van der Waals surface area (Å²) in [6.45, 7) is 1.63. The minimum atomic E-state index is -0.683. The fraction of sp³-hybridized carbons (Fsp3) is 0.462. The zero-order valence-corrected chi connectivity index (χ0v) is 10.2. The molecule has 0 aromatic heterocycles. The minimum Gasteiger partial charge on any atom is -0.337 e. The van der Waals surface area contributed by atoms with Gasteiger partial charge < -0.3 is 10.2 Å². The Balaban J connectivity index is 2.16. The Morgan fingerprint density at radius 3 is 2.89 bits per heavy atom. The molecule has 1 atom stereocenters. The van der Waals surface area contributed by atoms with Crippen LogP contribution in [0, 0.1) is 11.6 Å². The number of piperidine rings is 1. The summed E-state index contributed by atoms with van der Waals surface area (Å²) in [6.07, 6.45) is 1.86. The molecule has 1 unspecified atom stereocenters. The van der Waals surface area contributed by atoms with Gasteiger partial charge in [0, 0.05) is 19.6 Å². The van der Waals surface area contributed by atoms with Gasteiger partial charge in [0.25, 0.3) is 5.91 Å². The van der Waals surface area contributed by atoms with Crippen LogP contribution in [0.2, 0.25) is 0 Å². The molecule has 1 heterocycles. The fourth-order valence-corrected chi connectivity index (χ4v) is 2.18. The van der Waals surface area contributed by atoms with Gasteiger partial charge in [-0.05, 0) is 37.6 Å². The van der Waals surface area contributed by atoms with E-state index < -0.39 is 17.5 Å². The lowest BCUT2D eigenvalue weighted by atomic mass is 10.0. The molecule has 0 bridgehead atoms. The predicted molar refractivity (Wildman–Crippen MR) is 64.3 cm³/mol. The molecule has 1 amide bonds. The van der Waals surface area contributed by atoms with Crippen molar-refractivity contribution in [3.63, 3.8) is 0 Å². The number of hydrogen-bond acceptors (Lipinski definition) is 2. The molecular formula is C13H16F2N2O. The Morgan fingerprint density at radius 1 is 1.44 bits per heavy atom. The van der Waals surface area contributed by atoms with E-state index >= 15 is 0 Å². The zero-order chi connectivity index (χ0) is 13.1. The highest BCUT2D eigenvalue weighted by Gasteiger charge is 2.24. The lowest BCUT2D eigenvalue weighted by Crippen LogP contribution is -2.46. The summed E-state index contributed by atoms with van der Waals surface area (Å²) < 4.78 is 26.6. The van der Waals surface area contributed by atoms with Gasteiger partial charge in [-0.1, -0.05) is 0 Å². The van der Waals surface area contributed by atoms with E-state index in [0.29, 0.717) is 6.54 Å². The third-order valence-corrected chi connectivity index (χ3v) is 3.30. The molecule has 1 aromatic rings. The van der Waals surface area contributed by atoms with E-state index in [1.54, 1.807) is 7.05 Å². The zero-order valence-electron chi connectivity index (χ0n) is 10.2. The van der Waals surface area contributed by atoms with Crippen molar-refractivity contribution in [3.05, 3.63) is 35.4 Å². The SMILES string of the molecule is CN(C(=O)c1cc(F)ccc1F)C1CCCNC1. The molecule has 1 aliphatic rings. The van der Waals surface area contributed by atoms with Crippen molar-refractivity contribution < 1.29 is 13.6 Å². The minimum absolute atomic E-state index is 0.0360. The van der Waals surface area contributed by atoms with Gasteiger partial charge in [-0.3, -0.25) is 4.79 Å². The largest absolute Gasteiger partial charge is 0.337 e. The molecule has 2 rings (SSSR count). The molecule has 1 aliphatic heterocycles. The number of nitrogens with one attached hydrogen (secondary N) is 1. The van der Waals surface area contributed by atoms with E-state index in [2.05, 4.69) is 5.32 Å². The van der Waals surface area contributed by atoms with Crippen LogP contribution in [-0.4, -0.2) is 37.0 Å². The second-order valence-corrected chi connectivity index (χ2v) is 4.54. The van der Waals surface area contributed by atoms with Gasteiger partial charge in [0.1, 0.15) is 11.6 Å². The molecule has 0 spiro atoms. The molecule has 98 valence electrons. The number of halogens is 2. The standard InChI is InChI=1S/C13H16F2N2O/c1-17(10-3-2-6-16-8-10)13(18)11-7-9(14)4-5-12(11)15/h4-5,7,10,16H,2-3,6,8H2,1H3. The average molecular weight is 254 g/mol. The summed E-state index contributed by atoms with van der Waals surface area (Å²) in [4.78, 5) is 13.6. The number of nitrogens with zero attached hydrogens (tertiary/aromatic N) is 1. The highest BCUT2D eigenvalue weighted by Crippen LogP contribution is 2.16. The number of carbonyl (C=O) groups is 1. The monoisotopic (exact) mass is 254 g/mol. The number of carbonyl (C=O) groups excluding carboxylic acids is 1. The van der Waals surface area contributed by atoms with Gasteiger partial charge in [-0.2, -0.15) is 0 Å². The molecule has 18 heavy (non-hydrogen) atoms. The van der Waals surface area contributed by atoms with Crippen molar-refractivity contribution in [2.24, 2.45) is 0 Å². The summed E-state index contributed by atoms with van der Waals surface area (Å²) in [5.74, 6) is -1.76. The van der Waals surface area contributed by atoms with Crippen LogP contribution in [-0.2, 0) is 0 Å². The van der Waals surface area contributed by atoms with Gasteiger partial charge in [-0.25, -0.2) is 8.78 Å². The van der Waals surface area contributed by atoms with E-state index in [0.717, 1.165) is 37.6 Å². The van der Waals surface area contributed by atoms with Crippen molar-refractivity contribution >= 4 is 5.91 Å². The van der Waals surface area contributed by atoms with Crippen molar-refractivity contribution in [1.29, 1.82) is 0 Å². The third-order valence-electron chi connectivity index (χ3n) is 3.30. The quantitative estimate of drug-likeness (QED) is 0.872. The van der Waals surface area contributed by atoms with Crippen LogP contribution >= 0.6 is 0 Å². The predicted octanol–water partition coefficient (Wildman–Crippen LogP) is 1.79. The Bertz CT molecular complexity index is 445. The Morgan fingerprint density at radius 2 is 2.22 bits per heavy atom. The number of likely N-dealkylation sites (N-methyl/N-ethyl adjacent to an activating group) is 1. The molecule has 1 aromatic carbocycles. The molecule has 5 heteroatoms. The topological polar surface area (TPSA) is 32.3 Å². The molecule has 1 N–H and O–H groups in total. The maximum Gasteiger partial charge on any atom is 0.256 e. The normalized spacial score (nSPS) is 19.6. The Labute approximate surface area is 105 Å². The first kappa shape index (κ1) is 13.0. The number of hydrogen-bond donors (Lipinski definition) is 1. The van der Waals surface area contributed by atoms with Crippen molar-refractivity contribution in [1.82, 2.24) is 10.2 Å². The smallest absolute Gasteiger partial charge is 0.256 e. The van der Waals surface area contributed by atoms with Gasteiger partial charge in [-0.15, -0.1) is 0 Å². The summed E-state index contributed by atoms with van der Waals surface area (Å²) in [6, 6.07) is 2.97. The summed E-state index contributed by atoms with van der Waals surface area (Å²) >= 11 is 0. The van der Waals surface area contributed by atoms with E-state index in [4.69, 9.17) is 0 Å². The summed E-state index contributed by atoms with van der Waals surface area (Å²) in [5.41, 5.74) is -0.205. The van der Waals surface area contributed by atoms with E-state index in [9.17, 15) is 13.6 Å². The lowest BCUT2D eigenvalue weighted by Gasteiger charge is -2.31. The molecule has 1 saturated heterocycles. The van der Waals surface area contributed by atoms with E-state index in [1.807, 2.05) is 0 Å². The van der Waals surface area contributed by atoms with Crippen LogP contribution in [0.3, 0.4) is 0 Å². The second kappa shape index (κ2) is 5.44. The van der Waals surface area contributed by atoms with Crippen molar-refractivity contribution in [2.75, 3.05) is 20.1 Å². The van der Waals surface area contributed by atoms with Crippen LogP contribution in [0.25, 0.3) is 0 Å². The summed E-state index contributed by atoms with van der Waals surface area (Å²) in [7, 11) is 1.63. The van der Waals surface area contributed by atoms with Gasteiger partial charge >= 0.3 is 0 Å². The average Bonchev–Trinajstić information content (AvgIpc) is 2.41. The van der Waals surface area contributed by atoms with Gasteiger partial charge in [0.05, 0.1) is 5.56 Å². The second-order valence-electron chi connectivity index (χ2n) is 4.54.